The Labute approximate surface area is 184 Å². The van der Waals surface area contributed by atoms with Crippen molar-refractivity contribution < 1.29 is 9.53 Å². The average Bonchev–Trinajstić information content (AvgIpc) is 2.71. The highest BCUT2D eigenvalue weighted by Crippen LogP contribution is 2.17. The van der Waals surface area contributed by atoms with Crippen molar-refractivity contribution in [2.75, 3.05) is 11.9 Å². The highest BCUT2D eigenvalue weighted by Gasteiger charge is 2.07. The maximum absolute atomic E-state index is 12.1. The molecule has 2 aromatic rings. The van der Waals surface area contributed by atoms with Crippen LogP contribution >= 0.6 is 23.8 Å². The molecule has 0 saturated carbocycles. The van der Waals surface area contributed by atoms with Crippen molar-refractivity contribution >= 4 is 40.5 Å². The summed E-state index contributed by atoms with van der Waals surface area (Å²) >= 11 is 11.3. The molecule has 0 aliphatic carbocycles. The van der Waals surface area contributed by atoms with Gasteiger partial charge in [0.1, 0.15) is 5.75 Å². The van der Waals surface area contributed by atoms with Crippen LogP contribution in [0.5, 0.6) is 5.75 Å². The van der Waals surface area contributed by atoms with Gasteiger partial charge in [0, 0.05) is 17.1 Å². The highest BCUT2D eigenvalue weighted by atomic mass is 35.5. The average molecular weight is 433 g/mol. The molecule has 0 aliphatic heterocycles. The van der Waals surface area contributed by atoms with E-state index in [-0.39, 0.29) is 11.0 Å². The molecular weight excluding hydrogens is 404 g/mol. The second-order valence-corrected chi connectivity index (χ2v) is 7.70. The molecule has 0 fully saturated rings. The van der Waals surface area contributed by atoms with Crippen molar-refractivity contribution in [3.8, 4) is 5.75 Å². The zero-order chi connectivity index (χ0) is 20.9. The summed E-state index contributed by atoms with van der Waals surface area (Å²) in [6, 6.07) is 15.1. The minimum absolute atomic E-state index is 0.148. The molecule has 0 atom stereocenters. The molecule has 0 heterocycles. The lowest BCUT2D eigenvalue weighted by Gasteiger charge is -2.11. The number of amides is 1. The molecule has 0 spiro atoms. The van der Waals surface area contributed by atoms with Crippen LogP contribution in [-0.2, 0) is 11.2 Å². The SMILES string of the molecule is CCCCCCCOc1ccc(NC(=S)NC(=O)CCc2ccccc2Cl)cc1. The van der Waals surface area contributed by atoms with Crippen LogP contribution in [0.25, 0.3) is 0 Å². The predicted molar refractivity (Wildman–Crippen MR) is 125 cm³/mol. The molecular formula is C23H29ClN2O2S. The molecule has 2 N–H and O–H groups in total. The molecule has 0 saturated heterocycles. The number of unbranched alkanes of at least 4 members (excludes halogenated alkanes) is 4. The van der Waals surface area contributed by atoms with E-state index in [0.29, 0.717) is 17.9 Å². The molecule has 156 valence electrons. The predicted octanol–water partition coefficient (Wildman–Crippen LogP) is 6.14. The summed E-state index contributed by atoms with van der Waals surface area (Å²) in [5, 5.41) is 6.66. The van der Waals surface area contributed by atoms with Crippen molar-refractivity contribution in [1.29, 1.82) is 0 Å². The number of hydrogen-bond donors (Lipinski definition) is 2. The van der Waals surface area contributed by atoms with E-state index in [0.717, 1.165) is 30.0 Å². The van der Waals surface area contributed by atoms with Crippen LogP contribution in [0.1, 0.15) is 51.0 Å². The molecule has 2 rings (SSSR count). The van der Waals surface area contributed by atoms with Gasteiger partial charge in [0.15, 0.2) is 5.11 Å². The van der Waals surface area contributed by atoms with Crippen LogP contribution in [0.3, 0.4) is 0 Å². The Hall–Kier alpha value is -2.11. The Kier molecular flexibility index (Phi) is 10.5. The zero-order valence-electron chi connectivity index (χ0n) is 16.9. The molecule has 0 bridgehead atoms. The van der Waals surface area contributed by atoms with Gasteiger partial charge in [-0.15, -0.1) is 0 Å². The molecule has 0 radical (unpaired) electrons. The van der Waals surface area contributed by atoms with E-state index < -0.39 is 0 Å². The van der Waals surface area contributed by atoms with Gasteiger partial charge in [0.2, 0.25) is 5.91 Å². The van der Waals surface area contributed by atoms with E-state index >= 15 is 0 Å². The second kappa shape index (κ2) is 13.2. The van der Waals surface area contributed by atoms with Gasteiger partial charge in [-0.2, -0.15) is 0 Å². The van der Waals surface area contributed by atoms with Crippen LogP contribution in [0.4, 0.5) is 5.69 Å². The van der Waals surface area contributed by atoms with Crippen molar-refractivity contribution in [2.24, 2.45) is 0 Å². The van der Waals surface area contributed by atoms with Crippen LogP contribution in [0, 0.1) is 0 Å². The first-order chi connectivity index (χ1) is 14.1. The first-order valence-corrected chi connectivity index (χ1v) is 10.9. The second-order valence-electron chi connectivity index (χ2n) is 6.88. The molecule has 0 aliphatic rings. The van der Waals surface area contributed by atoms with E-state index in [9.17, 15) is 4.79 Å². The van der Waals surface area contributed by atoms with Gasteiger partial charge in [-0.1, -0.05) is 62.4 Å². The zero-order valence-corrected chi connectivity index (χ0v) is 18.5. The number of thiocarbonyl (C=S) groups is 1. The summed E-state index contributed by atoms with van der Waals surface area (Å²) in [7, 11) is 0. The standard InChI is InChI=1S/C23H29ClN2O2S/c1-2-3-4-5-8-17-28-20-14-12-19(13-15-20)25-23(29)26-22(27)16-11-18-9-6-7-10-21(18)24/h6-7,9-10,12-15H,2-5,8,11,16-17H2,1H3,(H2,25,26,27,29). The Morgan fingerprint density at radius 3 is 2.48 bits per heavy atom. The van der Waals surface area contributed by atoms with Gasteiger partial charge in [0.05, 0.1) is 6.61 Å². The lowest BCUT2D eigenvalue weighted by Crippen LogP contribution is -2.34. The topological polar surface area (TPSA) is 50.4 Å². The van der Waals surface area contributed by atoms with E-state index in [1.54, 1.807) is 0 Å². The Morgan fingerprint density at radius 1 is 1.03 bits per heavy atom. The molecule has 0 aromatic heterocycles. The number of halogens is 1. The van der Waals surface area contributed by atoms with Gasteiger partial charge in [-0.25, -0.2) is 0 Å². The van der Waals surface area contributed by atoms with Crippen LogP contribution in [0.15, 0.2) is 48.5 Å². The highest BCUT2D eigenvalue weighted by molar-refractivity contribution is 7.80. The number of carbonyl (C=O) groups excluding carboxylic acids is 1. The smallest absolute Gasteiger partial charge is 0.226 e. The van der Waals surface area contributed by atoms with Crippen molar-refractivity contribution in [3.05, 3.63) is 59.1 Å². The molecule has 6 heteroatoms. The van der Waals surface area contributed by atoms with Gasteiger partial charge < -0.3 is 15.4 Å². The van der Waals surface area contributed by atoms with Gasteiger partial charge in [-0.05, 0) is 61.0 Å². The number of benzene rings is 2. The number of aryl methyl sites for hydroxylation is 1. The minimum Gasteiger partial charge on any atom is -0.494 e. The lowest BCUT2D eigenvalue weighted by atomic mass is 10.1. The summed E-state index contributed by atoms with van der Waals surface area (Å²) in [4.78, 5) is 12.1. The fourth-order valence-corrected chi connectivity index (χ4v) is 3.29. The number of nitrogens with one attached hydrogen (secondary N) is 2. The van der Waals surface area contributed by atoms with Crippen LogP contribution in [0.2, 0.25) is 5.02 Å². The molecule has 4 nitrogen and oxygen atoms in total. The third-order valence-corrected chi connectivity index (χ3v) is 5.03. The largest absolute Gasteiger partial charge is 0.494 e. The summed E-state index contributed by atoms with van der Waals surface area (Å²) in [6.07, 6.45) is 6.97. The molecule has 29 heavy (non-hydrogen) atoms. The lowest BCUT2D eigenvalue weighted by molar-refractivity contribution is -0.119. The first-order valence-electron chi connectivity index (χ1n) is 10.2. The Bertz CT molecular complexity index is 781. The molecule has 0 unspecified atom stereocenters. The fraction of sp³-hybridized carbons (Fsp3) is 0.391. The molecule has 1 amide bonds. The van der Waals surface area contributed by atoms with Gasteiger partial charge >= 0.3 is 0 Å². The maximum atomic E-state index is 12.1. The fourth-order valence-electron chi connectivity index (χ4n) is 2.83. The number of rotatable bonds is 11. The number of anilines is 1. The monoisotopic (exact) mass is 432 g/mol. The summed E-state index contributed by atoms with van der Waals surface area (Å²) in [5.74, 6) is 0.686. The van der Waals surface area contributed by atoms with Crippen LogP contribution in [-0.4, -0.2) is 17.6 Å². The van der Waals surface area contributed by atoms with Crippen LogP contribution < -0.4 is 15.4 Å². The first kappa shape index (κ1) is 23.2. The van der Waals surface area contributed by atoms with Crippen molar-refractivity contribution in [3.63, 3.8) is 0 Å². The number of carbonyl (C=O) groups is 1. The third kappa shape index (κ3) is 9.29. The Balaban J connectivity index is 1.67. The van der Waals surface area contributed by atoms with Gasteiger partial charge in [0.25, 0.3) is 0 Å². The van der Waals surface area contributed by atoms with Gasteiger partial charge in [-0.3, -0.25) is 4.79 Å². The Morgan fingerprint density at radius 2 is 1.76 bits per heavy atom. The van der Waals surface area contributed by atoms with E-state index in [1.165, 1.54) is 25.7 Å². The van der Waals surface area contributed by atoms with E-state index in [2.05, 4.69) is 17.6 Å². The van der Waals surface area contributed by atoms with Crippen molar-refractivity contribution in [1.82, 2.24) is 5.32 Å². The molecule has 2 aromatic carbocycles. The quantitative estimate of drug-likeness (QED) is 0.331. The maximum Gasteiger partial charge on any atom is 0.226 e. The number of hydrogen-bond acceptors (Lipinski definition) is 3. The number of ether oxygens (including phenoxy) is 1. The third-order valence-electron chi connectivity index (χ3n) is 4.46. The van der Waals surface area contributed by atoms with E-state index in [4.69, 9.17) is 28.6 Å². The summed E-state index contributed by atoms with van der Waals surface area (Å²) in [5.41, 5.74) is 1.75. The van der Waals surface area contributed by atoms with E-state index in [1.807, 2.05) is 48.5 Å². The summed E-state index contributed by atoms with van der Waals surface area (Å²) in [6.45, 7) is 2.94. The summed E-state index contributed by atoms with van der Waals surface area (Å²) < 4.78 is 5.75. The normalized spacial score (nSPS) is 10.4. The minimum atomic E-state index is -0.148. The van der Waals surface area contributed by atoms with Crippen molar-refractivity contribution in [2.45, 2.75) is 51.9 Å².